The van der Waals surface area contributed by atoms with Gasteiger partial charge in [-0.2, -0.15) is 0 Å². The summed E-state index contributed by atoms with van der Waals surface area (Å²) in [6.45, 7) is 10.7. The van der Waals surface area contributed by atoms with Crippen LogP contribution in [0, 0.1) is 52.8 Å². The van der Waals surface area contributed by atoms with Crippen molar-refractivity contribution in [1.82, 2.24) is 4.90 Å². The number of rotatable bonds is 1. The van der Waals surface area contributed by atoms with E-state index in [1.165, 1.54) is 26.2 Å². The Morgan fingerprint density at radius 2 is 1.76 bits per heavy atom. The minimum absolute atomic E-state index is 0.0445. The molecule has 0 aromatic rings. The Morgan fingerprint density at radius 1 is 0.971 bits per heavy atom. The number of carbonyl (C=O) groups is 2. The fourth-order valence-electron chi connectivity index (χ4n) is 10.7. The molecule has 6 fully saturated rings. The number of aliphatic hydroxyl groups is 1. The molecule has 4 aliphatic carbocycles. The van der Waals surface area contributed by atoms with E-state index < -0.39 is 5.60 Å². The van der Waals surface area contributed by atoms with Crippen molar-refractivity contribution in [3.05, 3.63) is 0 Å². The van der Waals surface area contributed by atoms with Crippen LogP contribution in [0.5, 0.6) is 0 Å². The van der Waals surface area contributed by atoms with Crippen LogP contribution in [0.4, 0.5) is 0 Å². The average Bonchev–Trinajstić information content (AvgIpc) is 3.14. The van der Waals surface area contributed by atoms with Crippen LogP contribution in [0.25, 0.3) is 0 Å². The Kier molecular flexibility index (Phi) is 5.54. The summed E-state index contributed by atoms with van der Waals surface area (Å²) in [6.07, 6.45) is 9.19. The summed E-state index contributed by atoms with van der Waals surface area (Å²) in [7, 11) is 0. The number of carbonyl (C=O) groups excluding carboxylic acids is 2. The topological polar surface area (TPSA) is 66.8 Å². The van der Waals surface area contributed by atoms with E-state index >= 15 is 0 Å². The van der Waals surface area contributed by atoms with Crippen molar-refractivity contribution in [2.45, 2.75) is 103 Å². The molecule has 0 amide bonds. The molecule has 1 N–H and O–H groups in total. The van der Waals surface area contributed by atoms with E-state index in [0.29, 0.717) is 47.3 Å². The van der Waals surface area contributed by atoms with E-state index in [1.807, 2.05) is 0 Å². The molecule has 0 aromatic heterocycles. The van der Waals surface area contributed by atoms with Crippen molar-refractivity contribution >= 4 is 11.8 Å². The second-order valence-electron chi connectivity index (χ2n) is 13.8. The van der Waals surface area contributed by atoms with Crippen molar-refractivity contribution in [2.75, 3.05) is 13.1 Å². The summed E-state index contributed by atoms with van der Waals surface area (Å²) < 4.78 is 5.57. The van der Waals surface area contributed by atoms with Gasteiger partial charge in [-0.25, -0.2) is 0 Å². The van der Waals surface area contributed by atoms with Gasteiger partial charge in [-0.05, 0) is 105 Å². The van der Waals surface area contributed by atoms with Crippen molar-refractivity contribution in [2.24, 2.45) is 52.8 Å². The zero-order valence-corrected chi connectivity index (χ0v) is 21.7. The molecule has 2 saturated heterocycles. The van der Waals surface area contributed by atoms with E-state index in [0.717, 1.165) is 57.5 Å². The zero-order valence-electron chi connectivity index (χ0n) is 21.7. The normalized spacial score (nSPS) is 54.8. The maximum atomic E-state index is 13.5. The minimum atomic E-state index is -0.591. The van der Waals surface area contributed by atoms with Gasteiger partial charge >= 0.3 is 5.97 Å². The second-order valence-corrected chi connectivity index (χ2v) is 13.8. The molecule has 5 heteroatoms. The van der Waals surface area contributed by atoms with Gasteiger partial charge in [-0.1, -0.05) is 13.8 Å². The fraction of sp³-hybridized carbons (Fsp3) is 0.931. The monoisotopic (exact) mass is 471 g/mol. The molecule has 2 aliphatic heterocycles. The highest BCUT2D eigenvalue weighted by atomic mass is 16.5. The van der Waals surface area contributed by atoms with E-state index in [1.54, 1.807) is 0 Å². The highest BCUT2D eigenvalue weighted by molar-refractivity contribution is 5.83. The summed E-state index contributed by atoms with van der Waals surface area (Å²) >= 11 is 0. The number of fused-ring (bicyclic) bond motifs is 8. The maximum absolute atomic E-state index is 13.5. The van der Waals surface area contributed by atoms with Gasteiger partial charge in [0.25, 0.3) is 0 Å². The first-order valence-electron chi connectivity index (χ1n) is 14.3. The summed E-state index contributed by atoms with van der Waals surface area (Å²) in [4.78, 5) is 27.7. The Hall–Kier alpha value is -0.940. The van der Waals surface area contributed by atoms with Crippen LogP contribution >= 0.6 is 0 Å². The molecule has 0 spiro atoms. The lowest BCUT2D eigenvalue weighted by atomic mass is 9.51. The molecule has 0 aromatic carbocycles. The van der Waals surface area contributed by atoms with Gasteiger partial charge < -0.3 is 9.84 Å². The molecular formula is C29H45NO4. The summed E-state index contributed by atoms with van der Waals surface area (Å²) in [5.41, 5.74) is -0.547. The number of piperidine rings is 2. The Morgan fingerprint density at radius 3 is 2.53 bits per heavy atom. The third-order valence-electron chi connectivity index (χ3n) is 12.1. The van der Waals surface area contributed by atoms with Crippen LogP contribution < -0.4 is 0 Å². The Bertz CT molecular complexity index is 855. The molecule has 2 heterocycles. The lowest BCUT2D eigenvalue weighted by molar-refractivity contribution is -0.175. The SMILES string of the molecule is CC(=O)OC1CC[C@@]2(C)[C@H](C1)C(=O)C[C@H]1[C@@H]3CCC4C(CN5C[C@@H](C)CC[C@H]5[C@@]4(C)O)[C@@H]3C[C@@H]12. The third kappa shape index (κ3) is 3.38. The van der Waals surface area contributed by atoms with E-state index in [9.17, 15) is 14.7 Å². The minimum Gasteiger partial charge on any atom is -0.463 e. The molecule has 5 nitrogen and oxygen atoms in total. The van der Waals surface area contributed by atoms with Crippen molar-refractivity contribution in [1.29, 1.82) is 0 Å². The number of esters is 1. The van der Waals surface area contributed by atoms with Crippen LogP contribution in [-0.2, 0) is 14.3 Å². The van der Waals surface area contributed by atoms with E-state index in [-0.39, 0.29) is 23.4 Å². The van der Waals surface area contributed by atoms with Gasteiger partial charge in [0, 0.05) is 38.4 Å². The van der Waals surface area contributed by atoms with E-state index in [4.69, 9.17) is 4.74 Å². The van der Waals surface area contributed by atoms with Crippen LogP contribution in [-0.4, -0.2) is 52.6 Å². The molecule has 12 atom stereocenters. The number of ketones is 1. The molecule has 34 heavy (non-hydrogen) atoms. The lowest BCUT2D eigenvalue weighted by Crippen LogP contribution is -2.67. The molecule has 6 rings (SSSR count). The van der Waals surface area contributed by atoms with Gasteiger partial charge in [0.2, 0.25) is 0 Å². The first kappa shape index (κ1) is 23.5. The largest absolute Gasteiger partial charge is 0.463 e. The molecule has 0 radical (unpaired) electrons. The van der Waals surface area contributed by atoms with Gasteiger partial charge in [-0.15, -0.1) is 0 Å². The maximum Gasteiger partial charge on any atom is 0.302 e. The standard InChI is InChI=1S/C29H45NO4/c1-16-5-8-27-29(4,33)23-7-6-19-20(22(23)15-30(27)14-16)12-24-21(19)13-26(32)25-11-18(34-17(2)31)9-10-28(24,25)3/h16,18-25,27,33H,5-15H2,1-4H3/t16-,18?,19+,20+,21-,22?,23?,24-,25+,27-,28+,29-/m0/s1. The van der Waals surface area contributed by atoms with Crippen molar-refractivity contribution in [3.8, 4) is 0 Å². The average molecular weight is 472 g/mol. The molecule has 0 bridgehead atoms. The number of Topliss-reactive ketones (excluding diaryl/α,β-unsaturated/α-hetero) is 1. The smallest absolute Gasteiger partial charge is 0.302 e. The van der Waals surface area contributed by atoms with Crippen molar-refractivity contribution < 1.29 is 19.4 Å². The van der Waals surface area contributed by atoms with Crippen LogP contribution in [0.2, 0.25) is 0 Å². The lowest BCUT2D eigenvalue weighted by Gasteiger charge is -2.59. The van der Waals surface area contributed by atoms with Gasteiger partial charge in [0.15, 0.2) is 0 Å². The number of ether oxygens (including phenoxy) is 1. The predicted molar refractivity (Wildman–Crippen MR) is 130 cm³/mol. The second kappa shape index (κ2) is 8.03. The summed E-state index contributed by atoms with van der Waals surface area (Å²) in [5, 5.41) is 11.9. The molecule has 3 unspecified atom stereocenters. The predicted octanol–water partition coefficient (Wildman–Crippen LogP) is 4.46. The Labute approximate surface area is 205 Å². The summed E-state index contributed by atoms with van der Waals surface area (Å²) in [5.74, 6) is 4.37. The van der Waals surface area contributed by atoms with Crippen LogP contribution in [0.1, 0.15) is 85.5 Å². The quantitative estimate of drug-likeness (QED) is 0.572. The number of hydrogen-bond donors (Lipinski definition) is 1. The number of hydrogen-bond acceptors (Lipinski definition) is 5. The van der Waals surface area contributed by atoms with Crippen molar-refractivity contribution in [3.63, 3.8) is 0 Å². The van der Waals surface area contributed by atoms with Gasteiger partial charge in [0.05, 0.1) is 5.60 Å². The molecule has 6 aliphatic rings. The Balaban J connectivity index is 1.26. The van der Waals surface area contributed by atoms with Gasteiger partial charge in [0.1, 0.15) is 11.9 Å². The number of nitrogens with zero attached hydrogens (tertiary/aromatic N) is 1. The zero-order chi connectivity index (χ0) is 24.0. The van der Waals surface area contributed by atoms with Gasteiger partial charge in [-0.3, -0.25) is 14.5 Å². The molecular weight excluding hydrogens is 426 g/mol. The van der Waals surface area contributed by atoms with E-state index in [2.05, 4.69) is 25.7 Å². The highest BCUT2D eigenvalue weighted by Crippen LogP contribution is 2.66. The summed E-state index contributed by atoms with van der Waals surface area (Å²) in [6, 6.07) is 0.324. The molecule has 4 saturated carbocycles. The highest BCUT2D eigenvalue weighted by Gasteiger charge is 2.64. The van der Waals surface area contributed by atoms with Crippen LogP contribution in [0.3, 0.4) is 0 Å². The third-order valence-corrected chi connectivity index (χ3v) is 12.1. The first-order valence-corrected chi connectivity index (χ1v) is 14.3. The fourth-order valence-corrected chi connectivity index (χ4v) is 10.7. The van der Waals surface area contributed by atoms with Crippen LogP contribution in [0.15, 0.2) is 0 Å². The first-order chi connectivity index (χ1) is 16.1. The molecule has 190 valence electrons.